The predicted molar refractivity (Wildman–Crippen MR) is 147 cm³/mol. The van der Waals surface area contributed by atoms with Crippen molar-refractivity contribution in [3.63, 3.8) is 0 Å². The Morgan fingerprint density at radius 2 is 1.73 bits per heavy atom. The van der Waals surface area contributed by atoms with Gasteiger partial charge in [0.15, 0.2) is 17.3 Å². The second-order valence-corrected chi connectivity index (χ2v) is 8.89. The number of aryl methyl sites for hydroxylation is 1. The summed E-state index contributed by atoms with van der Waals surface area (Å²) in [4.78, 5) is 30.5. The lowest BCUT2D eigenvalue weighted by atomic mass is 9.93. The molecule has 0 saturated carbocycles. The second kappa shape index (κ2) is 12.5. The first kappa shape index (κ1) is 28.4. The van der Waals surface area contributed by atoms with Crippen molar-refractivity contribution in [2.45, 2.75) is 32.7 Å². The fourth-order valence-electron chi connectivity index (χ4n) is 4.49. The van der Waals surface area contributed by atoms with Crippen LogP contribution in [0.15, 0.2) is 47.7 Å². The number of nitrogens with one attached hydrogen (secondary N) is 2. The van der Waals surface area contributed by atoms with Gasteiger partial charge in [0.05, 0.1) is 39.1 Å². The Bertz CT molecular complexity index is 1420. The molecule has 3 N–H and O–H groups in total. The minimum atomic E-state index is -0.750. The maximum atomic E-state index is 13.9. The number of fused-ring (bicyclic) bond motifs is 1. The van der Waals surface area contributed by atoms with E-state index < -0.39 is 17.9 Å². The van der Waals surface area contributed by atoms with Crippen molar-refractivity contribution in [3.05, 3.63) is 64.6 Å². The van der Waals surface area contributed by atoms with Crippen LogP contribution in [0.3, 0.4) is 0 Å². The highest BCUT2D eigenvalue weighted by molar-refractivity contribution is 6.06. The van der Waals surface area contributed by atoms with Gasteiger partial charge in [-0.15, -0.1) is 0 Å². The van der Waals surface area contributed by atoms with Gasteiger partial charge in [-0.05, 0) is 50.6 Å². The van der Waals surface area contributed by atoms with Crippen molar-refractivity contribution in [2.75, 3.05) is 45.2 Å². The third-order valence-electron chi connectivity index (χ3n) is 6.38. The number of hydrogen-bond donors (Lipinski definition) is 3. The highest BCUT2D eigenvalue weighted by atomic mass is 16.5. The van der Waals surface area contributed by atoms with Crippen molar-refractivity contribution < 1.29 is 33.6 Å². The van der Waals surface area contributed by atoms with Crippen molar-refractivity contribution >= 4 is 23.5 Å². The van der Waals surface area contributed by atoms with E-state index in [9.17, 15) is 14.7 Å². The highest BCUT2D eigenvalue weighted by Crippen LogP contribution is 2.44. The molecule has 1 aliphatic rings. The molecule has 0 spiro atoms. The van der Waals surface area contributed by atoms with Crippen molar-refractivity contribution in [2.24, 2.45) is 0 Å². The minimum absolute atomic E-state index is 0.00409. The summed E-state index contributed by atoms with van der Waals surface area (Å²) in [5, 5.41) is 20.1. The maximum absolute atomic E-state index is 13.9. The lowest BCUT2D eigenvalue weighted by Gasteiger charge is -2.30. The van der Waals surface area contributed by atoms with Crippen LogP contribution in [-0.4, -0.2) is 66.3 Å². The van der Waals surface area contributed by atoms with Crippen LogP contribution in [0.1, 0.15) is 48.1 Å². The molecule has 1 aliphatic heterocycles. The number of aromatic nitrogens is 3. The number of nitrogens with zero attached hydrogens (tertiary/aromatic N) is 3. The number of aliphatic hydroxyl groups is 1. The summed E-state index contributed by atoms with van der Waals surface area (Å²) in [6.45, 7) is 3.79. The van der Waals surface area contributed by atoms with E-state index in [1.54, 1.807) is 54.9 Å². The molecular weight excluding hydrogens is 518 g/mol. The molecular formula is C28H33N5O7. The van der Waals surface area contributed by atoms with Crippen LogP contribution in [0.4, 0.5) is 11.6 Å². The molecule has 0 aliphatic carbocycles. The lowest BCUT2D eigenvalue weighted by Crippen LogP contribution is -2.31. The quantitative estimate of drug-likeness (QED) is 0.303. The summed E-state index contributed by atoms with van der Waals surface area (Å²) in [6.07, 6.45) is 0.955. The number of benzene rings is 2. The molecule has 12 nitrogen and oxygen atoms in total. The monoisotopic (exact) mass is 551 g/mol. The van der Waals surface area contributed by atoms with E-state index in [0.717, 1.165) is 0 Å². The Kier molecular flexibility index (Phi) is 8.90. The molecule has 2 aromatic carbocycles. The van der Waals surface area contributed by atoms with Crippen molar-refractivity contribution in [1.29, 1.82) is 0 Å². The van der Waals surface area contributed by atoms with Gasteiger partial charge in [0.1, 0.15) is 11.8 Å². The van der Waals surface area contributed by atoms with Gasteiger partial charge in [-0.1, -0.05) is 0 Å². The molecule has 0 saturated heterocycles. The van der Waals surface area contributed by atoms with Gasteiger partial charge in [-0.2, -0.15) is 10.1 Å². The van der Waals surface area contributed by atoms with Crippen LogP contribution in [-0.2, 0) is 16.0 Å². The van der Waals surface area contributed by atoms with Crippen LogP contribution >= 0.6 is 0 Å². The summed E-state index contributed by atoms with van der Waals surface area (Å²) in [5.74, 6) is 1.51. The zero-order chi connectivity index (χ0) is 28.8. The lowest BCUT2D eigenvalue weighted by molar-refractivity contribution is -0.113. The molecule has 12 heteroatoms. The highest BCUT2D eigenvalue weighted by Gasteiger charge is 2.37. The molecule has 40 heavy (non-hydrogen) atoms. The topological polar surface area (TPSA) is 146 Å². The summed E-state index contributed by atoms with van der Waals surface area (Å²) < 4.78 is 23.4. The number of methoxy groups -OCH3 is 3. The van der Waals surface area contributed by atoms with E-state index in [2.05, 4.69) is 20.7 Å². The van der Waals surface area contributed by atoms with E-state index in [4.69, 9.17) is 18.9 Å². The molecule has 0 bridgehead atoms. The van der Waals surface area contributed by atoms with Crippen molar-refractivity contribution in [1.82, 2.24) is 14.8 Å². The number of hydrogen-bond acceptors (Lipinski definition) is 10. The molecule has 1 unspecified atom stereocenters. The third kappa shape index (κ3) is 5.71. The van der Waals surface area contributed by atoms with Gasteiger partial charge in [0, 0.05) is 36.0 Å². The first-order valence-electron chi connectivity index (χ1n) is 12.8. The molecule has 0 fully saturated rings. The Morgan fingerprint density at radius 1 is 1.05 bits per heavy atom. The van der Waals surface area contributed by atoms with Crippen molar-refractivity contribution in [3.8, 4) is 17.2 Å². The van der Waals surface area contributed by atoms with E-state index in [1.165, 1.54) is 21.3 Å². The van der Waals surface area contributed by atoms with Crippen LogP contribution < -0.4 is 24.8 Å². The number of rotatable bonds is 11. The van der Waals surface area contributed by atoms with E-state index in [1.807, 2.05) is 0 Å². The van der Waals surface area contributed by atoms with Crippen LogP contribution in [0.2, 0.25) is 0 Å². The van der Waals surface area contributed by atoms with Crippen LogP contribution in [0.5, 0.6) is 17.2 Å². The number of aliphatic hydroxyl groups excluding tert-OH is 1. The number of carbonyl (C=O) groups is 2. The summed E-state index contributed by atoms with van der Waals surface area (Å²) >= 11 is 0. The summed E-state index contributed by atoms with van der Waals surface area (Å²) in [7, 11) is 4.59. The normalized spacial score (nSPS) is 14.2. The van der Waals surface area contributed by atoms with Gasteiger partial charge in [0.2, 0.25) is 5.95 Å². The third-order valence-corrected chi connectivity index (χ3v) is 6.38. The van der Waals surface area contributed by atoms with E-state index >= 15 is 0 Å². The predicted octanol–water partition coefficient (Wildman–Crippen LogP) is 3.33. The van der Waals surface area contributed by atoms with Gasteiger partial charge in [0.25, 0.3) is 5.91 Å². The summed E-state index contributed by atoms with van der Waals surface area (Å²) in [6, 6.07) is 9.14. The van der Waals surface area contributed by atoms with E-state index in [-0.39, 0.29) is 13.2 Å². The molecule has 212 valence electrons. The van der Waals surface area contributed by atoms with Gasteiger partial charge >= 0.3 is 5.97 Å². The fourth-order valence-corrected chi connectivity index (χ4v) is 4.49. The molecule has 3 aromatic rings. The number of esters is 1. The first-order chi connectivity index (χ1) is 19.3. The molecule has 2 heterocycles. The number of carbonyl (C=O) groups excluding carboxylic acids is 2. The fraction of sp³-hybridized carbons (Fsp3) is 0.357. The Balaban J connectivity index is 1.78. The zero-order valence-corrected chi connectivity index (χ0v) is 23.1. The van der Waals surface area contributed by atoms with Crippen LogP contribution in [0.25, 0.3) is 0 Å². The molecule has 1 atom stereocenters. The number of anilines is 2. The number of allylic oxidation sites excluding steroid dienone is 1. The SMILES string of the molecule is CCOC(=O)c1ccc(NC(=O)C2=C(C)Nc3nc(CCCO)nn3C2c2cc(OC)c(OC)cc2OC)cc1. The van der Waals surface area contributed by atoms with Gasteiger partial charge in [-0.3, -0.25) is 4.79 Å². The molecule has 4 rings (SSSR count). The largest absolute Gasteiger partial charge is 0.496 e. The Hall–Kier alpha value is -4.58. The smallest absolute Gasteiger partial charge is 0.338 e. The van der Waals surface area contributed by atoms with Crippen LogP contribution in [0, 0.1) is 0 Å². The van der Waals surface area contributed by atoms with Gasteiger partial charge < -0.3 is 34.7 Å². The molecule has 1 aromatic heterocycles. The van der Waals surface area contributed by atoms with Gasteiger partial charge in [-0.25, -0.2) is 9.48 Å². The standard InChI is InChI=1S/C28H33N5O7/c1-6-40-27(36)17-9-11-18(12-10-17)30-26(35)24-16(2)29-28-31-23(8-7-13-34)32-33(28)25(24)19-14-21(38-4)22(39-5)15-20(19)37-3/h9-12,14-15,25,34H,6-8,13H2,1-5H3,(H,30,35)(H,29,31,32). The first-order valence-corrected chi connectivity index (χ1v) is 12.8. The number of ether oxygens (including phenoxy) is 4. The maximum Gasteiger partial charge on any atom is 0.338 e. The Morgan fingerprint density at radius 3 is 2.35 bits per heavy atom. The average Bonchev–Trinajstić information content (AvgIpc) is 3.37. The second-order valence-electron chi connectivity index (χ2n) is 8.89. The van der Waals surface area contributed by atoms with E-state index in [0.29, 0.717) is 69.9 Å². The summed E-state index contributed by atoms with van der Waals surface area (Å²) in [5.41, 5.74) is 2.40. The molecule has 1 amide bonds. The minimum Gasteiger partial charge on any atom is -0.496 e. The molecule has 0 radical (unpaired) electrons. The number of amides is 1. The average molecular weight is 552 g/mol. The Labute approximate surface area is 231 Å². The zero-order valence-electron chi connectivity index (χ0n) is 23.1.